The fraction of sp³-hybridized carbons (Fsp3) is 0.0385. The Morgan fingerprint density at radius 1 is 0.463 bits per heavy atom. The fourth-order valence-electron chi connectivity index (χ4n) is 8.82. The van der Waals surface area contributed by atoms with Crippen LogP contribution in [0.3, 0.4) is 0 Å². The van der Waals surface area contributed by atoms with E-state index >= 15 is 0 Å². The third-order valence-corrected chi connectivity index (χ3v) is 12.7. The van der Waals surface area contributed by atoms with Crippen LogP contribution in [0, 0.1) is 0 Å². The third-order valence-electron chi connectivity index (χ3n) is 11.4. The van der Waals surface area contributed by atoms with Gasteiger partial charge in [0.15, 0.2) is 0 Å². The Morgan fingerprint density at radius 2 is 1.06 bits per heavy atom. The molecule has 1 nitrogen and oxygen atoms in total. The molecule has 9 aromatic carbocycles. The molecule has 1 atom stereocenters. The Kier molecular flexibility index (Phi) is 7.31. The minimum Gasteiger partial charge on any atom is -0.309 e. The number of nitrogens with zero attached hydrogens (tertiary/aromatic N) is 1. The standard InChI is InChI=1S/C52H35NS/c1-3-13-41-34(10-1)12-7-16-42(41)36-24-29-39(30-25-36)53(49-20-9-19-48-46-15-5-6-21-50(46)54-52(48)49)40-31-26-37(27-32-40)43-17-8-18-47-45(43)33-28-38-23-22-35-11-2-4-14-44(35)51(38)47/h1-14,16-33,46H,15H2. The molecular weight excluding hydrogens is 671 g/mol. The van der Waals surface area contributed by atoms with E-state index < -0.39 is 0 Å². The van der Waals surface area contributed by atoms with Gasteiger partial charge in [-0.1, -0.05) is 176 Å². The van der Waals surface area contributed by atoms with E-state index in [-0.39, 0.29) is 0 Å². The number of benzene rings is 9. The van der Waals surface area contributed by atoms with Crippen LogP contribution in [0.2, 0.25) is 0 Å². The monoisotopic (exact) mass is 705 g/mol. The van der Waals surface area contributed by atoms with Gasteiger partial charge >= 0.3 is 0 Å². The topological polar surface area (TPSA) is 3.24 Å². The Hall–Kier alpha value is -6.35. The zero-order chi connectivity index (χ0) is 35.6. The summed E-state index contributed by atoms with van der Waals surface area (Å²) in [5.74, 6) is 0.437. The summed E-state index contributed by atoms with van der Waals surface area (Å²) in [5, 5.41) is 10.3. The van der Waals surface area contributed by atoms with Crippen molar-refractivity contribution in [1.29, 1.82) is 0 Å². The van der Waals surface area contributed by atoms with Crippen molar-refractivity contribution in [3.05, 3.63) is 205 Å². The van der Waals surface area contributed by atoms with Crippen molar-refractivity contribution in [3.63, 3.8) is 0 Å². The second-order valence-corrected chi connectivity index (χ2v) is 15.5. The van der Waals surface area contributed by atoms with Crippen LogP contribution < -0.4 is 4.90 Å². The van der Waals surface area contributed by atoms with Crippen molar-refractivity contribution in [2.75, 3.05) is 4.90 Å². The van der Waals surface area contributed by atoms with E-state index in [1.54, 1.807) is 0 Å². The van der Waals surface area contributed by atoms with Gasteiger partial charge in [-0.3, -0.25) is 0 Å². The van der Waals surface area contributed by atoms with Crippen LogP contribution in [0.25, 0.3) is 65.3 Å². The molecule has 0 bridgehead atoms. The summed E-state index contributed by atoms with van der Waals surface area (Å²) < 4.78 is 0. The molecule has 54 heavy (non-hydrogen) atoms. The van der Waals surface area contributed by atoms with Gasteiger partial charge in [0.25, 0.3) is 0 Å². The SMILES string of the molecule is C1=CCC2C(=C1)Sc1c2cccc1N(c1ccc(-c2cccc3ccccc23)cc1)c1ccc(-c2cccc3c2ccc2ccc4ccccc4c23)cc1. The summed E-state index contributed by atoms with van der Waals surface area (Å²) in [7, 11) is 0. The average Bonchev–Trinajstić information content (AvgIpc) is 3.63. The first kappa shape index (κ1) is 31.2. The van der Waals surface area contributed by atoms with Crippen molar-refractivity contribution >= 4 is 71.9 Å². The predicted molar refractivity (Wildman–Crippen MR) is 232 cm³/mol. The van der Waals surface area contributed by atoms with Gasteiger partial charge in [0.2, 0.25) is 0 Å². The highest BCUT2D eigenvalue weighted by molar-refractivity contribution is 8.03. The molecule has 0 saturated heterocycles. The van der Waals surface area contributed by atoms with Gasteiger partial charge in [-0.2, -0.15) is 0 Å². The first-order valence-corrected chi connectivity index (χ1v) is 19.6. The van der Waals surface area contributed by atoms with Crippen LogP contribution in [0.15, 0.2) is 204 Å². The van der Waals surface area contributed by atoms with Crippen LogP contribution in [-0.2, 0) is 0 Å². The number of thioether (sulfide) groups is 1. The van der Waals surface area contributed by atoms with Crippen LogP contribution in [0.4, 0.5) is 17.1 Å². The number of fused-ring (bicyclic) bond motifs is 9. The lowest BCUT2D eigenvalue weighted by Gasteiger charge is -2.28. The highest BCUT2D eigenvalue weighted by Gasteiger charge is 2.32. The average molecular weight is 706 g/mol. The van der Waals surface area contributed by atoms with Gasteiger partial charge < -0.3 is 4.90 Å². The zero-order valence-electron chi connectivity index (χ0n) is 29.6. The van der Waals surface area contributed by atoms with Crippen LogP contribution in [-0.4, -0.2) is 0 Å². The van der Waals surface area contributed by atoms with E-state index in [4.69, 9.17) is 0 Å². The minimum atomic E-state index is 0.437. The lowest BCUT2D eigenvalue weighted by molar-refractivity contribution is 0.837. The summed E-state index contributed by atoms with van der Waals surface area (Å²) in [5.41, 5.74) is 9.88. The summed E-state index contributed by atoms with van der Waals surface area (Å²) in [4.78, 5) is 5.25. The number of anilines is 3. The van der Waals surface area contributed by atoms with E-state index in [1.165, 1.54) is 86.4 Å². The summed E-state index contributed by atoms with van der Waals surface area (Å²) >= 11 is 1.94. The molecule has 0 aromatic heterocycles. The van der Waals surface area contributed by atoms with Gasteiger partial charge in [0.05, 0.1) is 5.69 Å². The van der Waals surface area contributed by atoms with Gasteiger partial charge in [0, 0.05) is 22.2 Å². The van der Waals surface area contributed by atoms with Gasteiger partial charge in [-0.15, -0.1) is 0 Å². The molecule has 0 amide bonds. The van der Waals surface area contributed by atoms with Gasteiger partial charge in [-0.05, 0) is 113 Å². The first-order chi connectivity index (χ1) is 26.8. The smallest absolute Gasteiger partial charge is 0.0604 e. The zero-order valence-corrected chi connectivity index (χ0v) is 30.4. The third kappa shape index (κ3) is 5.02. The molecule has 254 valence electrons. The molecule has 2 aliphatic rings. The van der Waals surface area contributed by atoms with Crippen LogP contribution in [0.5, 0.6) is 0 Å². The maximum absolute atomic E-state index is 2.45. The van der Waals surface area contributed by atoms with E-state index in [9.17, 15) is 0 Å². The summed E-state index contributed by atoms with van der Waals surface area (Å²) in [6.45, 7) is 0. The van der Waals surface area contributed by atoms with Gasteiger partial charge in [0.1, 0.15) is 0 Å². The molecule has 1 aliphatic heterocycles. The van der Waals surface area contributed by atoms with E-state index in [2.05, 4.69) is 199 Å². The molecular formula is C52H35NS. The number of rotatable bonds is 5. The van der Waals surface area contributed by atoms with E-state index in [0.717, 1.165) is 17.8 Å². The first-order valence-electron chi connectivity index (χ1n) is 18.8. The van der Waals surface area contributed by atoms with Crippen molar-refractivity contribution in [3.8, 4) is 22.3 Å². The molecule has 2 heteroatoms. The van der Waals surface area contributed by atoms with Crippen molar-refractivity contribution in [1.82, 2.24) is 0 Å². The molecule has 1 heterocycles. The predicted octanol–water partition coefficient (Wildman–Crippen LogP) is 15.1. The Bertz CT molecular complexity index is 2980. The Balaban J connectivity index is 1.04. The molecule has 0 saturated carbocycles. The molecule has 1 unspecified atom stereocenters. The largest absolute Gasteiger partial charge is 0.309 e. The van der Waals surface area contributed by atoms with Crippen LogP contribution >= 0.6 is 11.8 Å². The van der Waals surface area contributed by atoms with Gasteiger partial charge in [-0.25, -0.2) is 0 Å². The molecule has 0 fully saturated rings. The molecule has 9 aromatic rings. The molecule has 1 aliphatic carbocycles. The number of allylic oxidation sites excluding steroid dienone is 4. The molecule has 0 spiro atoms. The quantitative estimate of drug-likeness (QED) is 0.164. The lowest BCUT2D eigenvalue weighted by atomic mass is 9.92. The number of hydrogen-bond acceptors (Lipinski definition) is 2. The summed E-state index contributed by atoms with van der Waals surface area (Å²) in [6.07, 6.45) is 7.87. The molecule has 11 rings (SSSR count). The van der Waals surface area contributed by atoms with Crippen LogP contribution in [0.1, 0.15) is 17.9 Å². The van der Waals surface area contributed by atoms with Crippen molar-refractivity contribution in [2.24, 2.45) is 0 Å². The van der Waals surface area contributed by atoms with Crippen molar-refractivity contribution in [2.45, 2.75) is 17.2 Å². The second-order valence-electron chi connectivity index (χ2n) is 14.4. The normalized spacial score (nSPS) is 14.7. The fourth-order valence-corrected chi connectivity index (χ4v) is 10.2. The summed E-state index contributed by atoms with van der Waals surface area (Å²) in [6, 6.07) is 65.0. The van der Waals surface area contributed by atoms with E-state index in [0.29, 0.717) is 5.92 Å². The van der Waals surface area contributed by atoms with E-state index in [1.807, 2.05) is 11.8 Å². The highest BCUT2D eigenvalue weighted by atomic mass is 32.2. The maximum Gasteiger partial charge on any atom is 0.0604 e. The number of hydrogen-bond donors (Lipinski definition) is 0. The lowest BCUT2D eigenvalue weighted by Crippen LogP contribution is -2.11. The molecule has 0 N–H and O–H groups in total. The molecule has 0 radical (unpaired) electrons. The Morgan fingerprint density at radius 3 is 1.83 bits per heavy atom. The highest BCUT2D eigenvalue weighted by Crippen LogP contribution is 2.56. The minimum absolute atomic E-state index is 0.437. The Labute approximate surface area is 319 Å². The maximum atomic E-state index is 2.45. The van der Waals surface area contributed by atoms with Crippen molar-refractivity contribution < 1.29 is 0 Å². The second kappa shape index (κ2) is 12.7.